The van der Waals surface area contributed by atoms with Crippen LogP contribution < -0.4 is 5.32 Å². The van der Waals surface area contributed by atoms with E-state index in [1.807, 2.05) is 12.3 Å². The Balaban J connectivity index is 1.84. The second-order valence-corrected chi connectivity index (χ2v) is 4.95. The van der Waals surface area contributed by atoms with Gasteiger partial charge in [0.25, 0.3) is 0 Å². The van der Waals surface area contributed by atoms with E-state index in [1.165, 1.54) is 5.56 Å². The number of nitrogens with one attached hydrogen (secondary N) is 2. The fourth-order valence-corrected chi connectivity index (χ4v) is 2.70. The monoisotopic (exact) mass is 249 g/mol. The Bertz CT molecular complexity index is 514. The third kappa shape index (κ3) is 2.32. The SMILES string of the molecule is Clc1cc(CN2CCNCC2)cc2[nH]ccc12. The maximum absolute atomic E-state index is 6.27. The van der Waals surface area contributed by atoms with Gasteiger partial charge in [0.15, 0.2) is 0 Å². The summed E-state index contributed by atoms with van der Waals surface area (Å²) >= 11 is 6.27. The first-order chi connectivity index (χ1) is 8.33. The molecule has 1 aromatic heterocycles. The van der Waals surface area contributed by atoms with Crippen LogP contribution in [0.2, 0.25) is 5.02 Å². The fourth-order valence-electron chi connectivity index (χ4n) is 2.40. The normalized spacial score (nSPS) is 17.7. The van der Waals surface area contributed by atoms with Crippen molar-refractivity contribution in [2.24, 2.45) is 0 Å². The molecule has 0 spiro atoms. The summed E-state index contributed by atoms with van der Waals surface area (Å²) in [7, 11) is 0. The summed E-state index contributed by atoms with van der Waals surface area (Å²) in [6, 6.07) is 6.30. The van der Waals surface area contributed by atoms with Gasteiger partial charge in [-0.3, -0.25) is 4.90 Å². The molecule has 0 aliphatic carbocycles. The van der Waals surface area contributed by atoms with Gasteiger partial charge in [0, 0.05) is 49.8 Å². The van der Waals surface area contributed by atoms with Crippen molar-refractivity contribution in [3.8, 4) is 0 Å². The van der Waals surface area contributed by atoms with E-state index in [4.69, 9.17) is 11.6 Å². The van der Waals surface area contributed by atoms with E-state index in [-0.39, 0.29) is 0 Å². The molecule has 1 saturated heterocycles. The lowest BCUT2D eigenvalue weighted by Crippen LogP contribution is -2.42. The van der Waals surface area contributed by atoms with Gasteiger partial charge < -0.3 is 10.3 Å². The standard InChI is InChI=1S/C13H16ClN3/c14-12-7-10(8-13-11(12)1-2-16-13)9-17-5-3-15-4-6-17/h1-2,7-8,15-16H,3-6,9H2. The summed E-state index contributed by atoms with van der Waals surface area (Å²) in [5, 5.41) is 5.31. The third-order valence-electron chi connectivity index (χ3n) is 3.29. The Labute approximate surface area is 106 Å². The maximum Gasteiger partial charge on any atom is 0.0503 e. The average Bonchev–Trinajstić information content (AvgIpc) is 2.79. The number of aromatic nitrogens is 1. The number of rotatable bonds is 2. The van der Waals surface area contributed by atoms with Crippen LogP contribution in [-0.4, -0.2) is 36.1 Å². The lowest BCUT2D eigenvalue weighted by atomic mass is 10.1. The van der Waals surface area contributed by atoms with Crippen LogP contribution >= 0.6 is 11.6 Å². The van der Waals surface area contributed by atoms with Crippen LogP contribution in [0.1, 0.15) is 5.56 Å². The van der Waals surface area contributed by atoms with E-state index < -0.39 is 0 Å². The Morgan fingerprint density at radius 2 is 2.06 bits per heavy atom. The van der Waals surface area contributed by atoms with Crippen molar-refractivity contribution in [3.63, 3.8) is 0 Å². The summed E-state index contributed by atoms with van der Waals surface area (Å²) in [4.78, 5) is 5.68. The second kappa shape index (κ2) is 4.69. The van der Waals surface area contributed by atoms with Crippen LogP contribution in [0.4, 0.5) is 0 Å². The van der Waals surface area contributed by atoms with Crippen molar-refractivity contribution in [3.05, 3.63) is 35.0 Å². The van der Waals surface area contributed by atoms with Crippen molar-refractivity contribution in [1.29, 1.82) is 0 Å². The number of nitrogens with zero attached hydrogens (tertiary/aromatic N) is 1. The third-order valence-corrected chi connectivity index (χ3v) is 3.61. The van der Waals surface area contributed by atoms with Crippen molar-refractivity contribution < 1.29 is 0 Å². The van der Waals surface area contributed by atoms with Crippen molar-refractivity contribution in [2.75, 3.05) is 26.2 Å². The molecule has 0 bridgehead atoms. The van der Waals surface area contributed by atoms with Gasteiger partial charge in [-0.05, 0) is 23.8 Å². The lowest BCUT2D eigenvalue weighted by molar-refractivity contribution is 0.233. The molecule has 0 amide bonds. The molecule has 1 aliphatic heterocycles. The number of hydrogen-bond donors (Lipinski definition) is 2. The van der Waals surface area contributed by atoms with Gasteiger partial charge in [0.1, 0.15) is 0 Å². The molecular formula is C13H16ClN3. The minimum Gasteiger partial charge on any atom is -0.361 e. The van der Waals surface area contributed by atoms with Crippen LogP contribution in [0.15, 0.2) is 24.4 Å². The Morgan fingerprint density at radius 3 is 2.88 bits per heavy atom. The lowest BCUT2D eigenvalue weighted by Gasteiger charge is -2.27. The summed E-state index contributed by atoms with van der Waals surface area (Å²) in [6.07, 6.45) is 1.94. The fraction of sp³-hybridized carbons (Fsp3) is 0.385. The molecule has 90 valence electrons. The van der Waals surface area contributed by atoms with Crippen LogP contribution in [-0.2, 0) is 6.54 Å². The molecule has 0 radical (unpaired) electrons. The highest BCUT2D eigenvalue weighted by atomic mass is 35.5. The van der Waals surface area contributed by atoms with Crippen LogP contribution in [0.3, 0.4) is 0 Å². The van der Waals surface area contributed by atoms with Crippen molar-refractivity contribution >= 4 is 22.5 Å². The van der Waals surface area contributed by atoms with Gasteiger partial charge in [-0.15, -0.1) is 0 Å². The molecule has 2 N–H and O–H groups in total. The van der Waals surface area contributed by atoms with Gasteiger partial charge in [-0.2, -0.15) is 0 Å². The number of piperazine rings is 1. The Morgan fingerprint density at radius 1 is 1.24 bits per heavy atom. The quantitative estimate of drug-likeness (QED) is 0.855. The molecule has 2 heterocycles. The predicted molar refractivity (Wildman–Crippen MR) is 71.5 cm³/mol. The molecule has 4 heteroatoms. The van der Waals surface area contributed by atoms with E-state index in [9.17, 15) is 0 Å². The molecule has 3 rings (SSSR count). The number of H-pyrrole nitrogens is 1. The summed E-state index contributed by atoms with van der Waals surface area (Å²) < 4.78 is 0. The van der Waals surface area contributed by atoms with Gasteiger partial charge >= 0.3 is 0 Å². The average molecular weight is 250 g/mol. The zero-order valence-electron chi connectivity index (χ0n) is 9.67. The van der Waals surface area contributed by atoms with Crippen LogP contribution in [0.25, 0.3) is 10.9 Å². The number of halogens is 1. The first-order valence-corrected chi connectivity index (χ1v) is 6.39. The molecule has 3 nitrogen and oxygen atoms in total. The zero-order valence-corrected chi connectivity index (χ0v) is 10.4. The topological polar surface area (TPSA) is 31.1 Å². The first-order valence-electron chi connectivity index (χ1n) is 6.01. The van der Waals surface area contributed by atoms with Gasteiger partial charge in [-0.25, -0.2) is 0 Å². The largest absolute Gasteiger partial charge is 0.361 e. The minimum atomic E-state index is 0.842. The predicted octanol–water partition coefficient (Wildman–Crippen LogP) is 2.23. The number of aromatic amines is 1. The van der Waals surface area contributed by atoms with E-state index in [1.54, 1.807) is 0 Å². The maximum atomic E-state index is 6.27. The smallest absolute Gasteiger partial charge is 0.0503 e. The van der Waals surface area contributed by atoms with E-state index >= 15 is 0 Å². The highest BCUT2D eigenvalue weighted by molar-refractivity contribution is 6.35. The van der Waals surface area contributed by atoms with E-state index in [2.05, 4.69) is 27.3 Å². The summed E-state index contributed by atoms with van der Waals surface area (Å²) in [5.74, 6) is 0. The molecule has 1 fully saturated rings. The minimum absolute atomic E-state index is 0.842. The molecule has 2 aromatic rings. The van der Waals surface area contributed by atoms with Gasteiger partial charge in [0.2, 0.25) is 0 Å². The van der Waals surface area contributed by atoms with Crippen molar-refractivity contribution in [2.45, 2.75) is 6.54 Å². The van der Waals surface area contributed by atoms with Crippen LogP contribution in [0.5, 0.6) is 0 Å². The van der Waals surface area contributed by atoms with Gasteiger partial charge in [-0.1, -0.05) is 11.6 Å². The highest BCUT2D eigenvalue weighted by Crippen LogP contribution is 2.25. The molecular weight excluding hydrogens is 234 g/mol. The molecule has 0 unspecified atom stereocenters. The van der Waals surface area contributed by atoms with E-state index in [0.29, 0.717) is 0 Å². The molecule has 1 aromatic carbocycles. The van der Waals surface area contributed by atoms with Gasteiger partial charge in [0.05, 0.1) is 5.02 Å². The number of hydrogen-bond acceptors (Lipinski definition) is 2. The number of fused-ring (bicyclic) bond motifs is 1. The molecule has 17 heavy (non-hydrogen) atoms. The number of benzene rings is 1. The van der Waals surface area contributed by atoms with Crippen LogP contribution in [0, 0.1) is 0 Å². The zero-order chi connectivity index (χ0) is 11.7. The summed E-state index contributed by atoms with van der Waals surface area (Å²) in [6.45, 7) is 5.37. The first kappa shape index (κ1) is 11.1. The Kier molecular flexibility index (Phi) is 3.05. The molecule has 0 saturated carbocycles. The second-order valence-electron chi connectivity index (χ2n) is 4.54. The van der Waals surface area contributed by atoms with E-state index in [0.717, 1.165) is 48.6 Å². The molecule has 1 aliphatic rings. The van der Waals surface area contributed by atoms with Crippen molar-refractivity contribution in [1.82, 2.24) is 15.2 Å². The Hall–Kier alpha value is -1.03. The molecule has 0 atom stereocenters. The highest BCUT2D eigenvalue weighted by Gasteiger charge is 2.11. The summed E-state index contributed by atoms with van der Waals surface area (Å²) in [5.41, 5.74) is 2.41.